The van der Waals surface area contributed by atoms with Crippen molar-refractivity contribution >= 4 is 11.8 Å². The summed E-state index contributed by atoms with van der Waals surface area (Å²) in [5.41, 5.74) is 0.655. The predicted octanol–water partition coefficient (Wildman–Crippen LogP) is 1.98. The lowest BCUT2D eigenvalue weighted by molar-refractivity contribution is -0.135. The van der Waals surface area contributed by atoms with Gasteiger partial charge in [0.25, 0.3) is 5.91 Å². The minimum absolute atomic E-state index is 0.0399. The van der Waals surface area contributed by atoms with Crippen LogP contribution in [0, 0.1) is 0 Å². The molecule has 0 spiro atoms. The van der Waals surface area contributed by atoms with Crippen molar-refractivity contribution in [2.45, 2.75) is 51.1 Å². The minimum Gasteiger partial charge on any atom is -0.494 e. The first-order chi connectivity index (χ1) is 15.1. The molecule has 2 amide bonds. The van der Waals surface area contributed by atoms with E-state index in [4.69, 9.17) is 4.74 Å². The molecule has 1 saturated carbocycles. The zero-order chi connectivity index (χ0) is 21.6. The first-order valence-corrected chi connectivity index (χ1v) is 11.9. The number of piperazine rings is 1. The lowest BCUT2D eigenvalue weighted by atomic mass is 9.91. The molecular formula is C24H36N4O3. The Bertz CT molecular complexity index is 734. The SMILES string of the molecule is CCOc1ccc(C(=O)NC2CCN(CC(=O)N3CCN(C4CCC4)CC3)CC2)cc1. The summed E-state index contributed by atoms with van der Waals surface area (Å²) in [5.74, 6) is 0.994. The number of piperidine rings is 1. The van der Waals surface area contributed by atoms with Crippen molar-refractivity contribution in [2.24, 2.45) is 0 Å². The van der Waals surface area contributed by atoms with Gasteiger partial charge in [-0.1, -0.05) is 6.42 Å². The molecule has 170 valence electrons. The molecule has 2 saturated heterocycles. The van der Waals surface area contributed by atoms with Crippen LogP contribution in [0.5, 0.6) is 5.75 Å². The van der Waals surface area contributed by atoms with Gasteiger partial charge >= 0.3 is 0 Å². The van der Waals surface area contributed by atoms with E-state index >= 15 is 0 Å². The van der Waals surface area contributed by atoms with E-state index < -0.39 is 0 Å². The third-order valence-corrected chi connectivity index (χ3v) is 6.97. The molecule has 3 fully saturated rings. The van der Waals surface area contributed by atoms with E-state index in [-0.39, 0.29) is 17.9 Å². The van der Waals surface area contributed by atoms with Crippen molar-refractivity contribution in [1.82, 2.24) is 20.0 Å². The lowest BCUT2D eigenvalue weighted by Crippen LogP contribution is -2.55. The zero-order valence-corrected chi connectivity index (χ0v) is 18.7. The molecule has 0 unspecified atom stereocenters. The maximum Gasteiger partial charge on any atom is 0.251 e. The molecular weight excluding hydrogens is 392 g/mol. The van der Waals surface area contributed by atoms with Gasteiger partial charge in [0.1, 0.15) is 5.75 Å². The van der Waals surface area contributed by atoms with Gasteiger partial charge < -0.3 is 15.0 Å². The molecule has 31 heavy (non-hydrogen) atoms. The van der Waals surface area contributed by atoms with Crippen LogP contribution in [0.1, 0.15) is 49.4 Å². The number of hydrogen-bond acceptors (Lipinski definition) is 5. The Kier molecular flexibility index (Phi) is 7.45. The Morgan fingerprint density at radius 1 is 0.968 bits per heavy atom. The second-order valence-electron chi connectivity index (χ2n) is 8.98. The monoisotopic (exact) mass is 428 g/mol. The van der Waals surface area contributed by atoms with Gasteiger partial charge in [-0.2, -0.15) is 0 Å². The average molecular weight is 429 g/mol. The first-order valence-electron chi connectivity index (χ1n) is 11.9. The summed E-state index contributed by atoms with van der Waals surface area (Å²) >= 11 is 0. The number of ether oxygens (including phenoxy) is 1. The topological polar surface area (TPSA) is 65.1 Å². The largest absolute Gasteiger partial charge is 0.494 e. The van der Waals surface area contributed by atoms with Gasteiger partial charge in [-0.3, -0.25) is 19.4 Å². The van der Waals surface area contributed by atoms with Crippen LogP contribution in [-0.4, -0.2) is 91.0 Å². The molecule has 7 nitrogen and oxygen atoms in total. The second-order valence-corrected chi connectivity index (χ2v) is 8.98. The van der Waals surface area contributed by atoms with Crippen LogP contribution >= 0.6 is 0 Å². The van der Waals surface area contributed by atoms with Crippen LogP contribution in [-0.2, 0) is 4.79 Å². The van der Waals surface area contributed by atoms with Crippen molar-refractivity contribution < 1.29 is 14.3 Å². The molecule has 7 heteroatoms. The zero-order valence-electron chi connectivity index (χ0n) is 18.7. The molecule has 3 aliphatic rings. The molecule has 1 aromatic carbocycles. The number of hydrogen-bond donors (Lipinski definition) is 1. The highest BCUT2D eigenvalue weighted by Gasteiger charge is 2.30. The Labute approximate surface area is 185 Å². The molecule has 4 rings (SSSR count). The van der Waals surface area contributed by atoms with E-state index in [0.29, 0.717) is 18.7 Å². The Balaban J connectivity index is 1.16. The first kappa shape index (κ1) is 22.1. The number of benzene rings is 1. The standard InChI is InChI=1S/C24H36N4O3/c1-2-31-22-8-6-19(7-9-22)24(30)25-20-10-12-26(13-11-20)18-23(29)28-16-14-27(15-17-28)21-4-3-5-21/h6-9,20-21H,2-5,10-18H2,1H3,(H,25,30). The highest BCUT2D eigenvalue weighted by Crippen LogP contribution is 2.25. The van der Waals surface area contributed by atoms with Gasteiger partial charge in [0.05, 0.1) is 13.2 Å². The van der Waals surface area contributed by atoms with Gasteiger partial charge in [0.15, 0.2) is 0 Å². The molecule has 2 aliphatic heterocycles. The van der Waals surface area contributed by atoms with Gasteiger partial charge in [0.2, 0.25) is 5.91 Å². The maximum atomic E-state index is 12.7. The van der Waals surface area contributed by atoms with Crippen LogP contribution in [0.2, 0.25) is 0 Å². The number of carbonyl (C=O) groups is 2. The summed E-state index contributed by atoms with van der Waals surface area (Å²) < 4.78 is 5.43. The summed E-state index contributed by atoms with van der Waals surface area (Å²) in [6.45, 7) is 8.53. The third kappa shape index (κ3) is 5.77. The fraction of sp³-hybridized carbons (Fsp3) is 0.667. The molecule has 0 atom stereocenters. The minimum atomic E-state index is -0.0399. The van der Waals surface area contributed by atoms with E-state index in [2.05, 4.69) is 15.1 Å². The van der Waals surface area contributed by atoms with Crippen molar-refractivity contribution in [3.8, 4) is 5.75 Å². The lowest BCUT2D eigenvalue weighted by Gasteiger charge is -2.43. The van der Waals surface area contributed by atoms with Crippen molar-refractivity contribution in [3.63, 3.8) is 0 Å². The average Bonchev–Trinajstić information content (AvgIpc) is 2.75. The van der Waals surface area contributed by atoms with Crippen molar-refractivity contribution in [3.05, 3.63) is 29.8 Å². The van der Waals surface area contributed by atoms with E-state index in [1.807, 2.05) is 24.0 Å². The van der Waals surface area contributed by atoms with Crippen molar-refractivity contribution in [2.75, 3.05) is 52.4 Å². The number of rotatable bonds is 7. The Morgan fingerprint density at radius 2 is 1.65 bits per heavy atom. The number of amides is 2. The molecule has 1 aliphatic carbocycles. The van der Waals surface area contributed by atoms with E-state index in [1.165, 1.54) is 19.3 Å². The van der Waals surface area contributed by atoms with Crippen molar-refractivity contribution in [1.29, 1.82) is 0 Å². The van der Waals surface area contributed by atoms with Gasteiger partial charge in [-0.25, -0.2) is 0 Å². The van der Waals surface area contributed by atoms with Crippen LogP contribution < -0.4 is 10.1 Å². The predicted molar refractivity (Wildman–Crippen MR) is 120 cm³/mol. The summed E-state index contributed by atoms with van der Waals surface area (Å²) in [4.78, 5) is 32.1. The van der Waals surface area contributed by atoms with E-state index in [9.17, 15) is 9.59 Å². The normalized spacial score (nSPS) is 21.5. The molecule has 0 aromatic heterocycles. The van der Waals surface area contributed by atoms with Crippen LogP contribution in [0.25, 0.3) is 0 Å². The summed E-state index contributed by atoms with van der Waals surface area (Å²) in [7, 11) is 0. The van der Waals surface area contributed by atoms with Crippen LogP contribution in [0.3, 0.4) is 0 Å². The number of carbonyl (C=O) groups excluding carboxylic acids is 2. The third-order valence-electron chi connectivity index (χ3n) is 6.97. The second kappa shape index (κ2) is 10.5. The quantitative estimate of drug-likeness (QED) is 0.720. The highest BCUT2D eigenvalue weighted by molar-refractivity contribution is 5.94. The fourth-order valence-electron chi connectivity index (χ4n) is 4.75. The van der Waals surface area contributed by atoms with E-state index in [1.54, 1.807) is 12.1 Å². The van der Waals surface area contributed by atoms with Gasteiger partial charge in [-0.15, -0.1) is 0 Å². The Morgan fingerprint density at radius 3 is 2.23 bits per heavy atom. The fourth-order valence-corrected chi connectivity index (χ4v) is 4.75. The Hall–Kier alpha value is -2.12. The molecule has 0 radical (unpaired) electrons. The van der Waals surface area contributed by atoms with Crippen LogP contribution in [0.4, 0.5) is 0 Å². The van der Waals surface area contributed by atoms with Crippen LogP contribution in [0.15, 0.2) is 24.3 Å². The molecule has 1 N–H and O–H groups in total. The summed E-state index contributed by atoms with van der Waals surface area (Å²) in [6.07, 6.45) is 5.79. The molecule has 1 aromatic rings. The summed E-state index contributed by atoms with van der Waals surface area (Å²) in [5, 5.41) is 3.14. The molecule has 0 bridgehead atoms. The number of nitrogens with one attached hydrogen (secondary N) is 1. The van der Waals surface area contributed by atoms with Gasteiger partial charge in [0, 0.05) is 56.9 Å². The highest BCUT2D eigenvalue weighted by atomic mass is 16.5. The number of nitrogens with zero attached hydrogens (tertiary/aromatic N) is 3. The smallest absolute Gasteiger partial charge is 0.251 e. The summed E-state index contributed by atoms with van der Waals surface area (Å²) in [6, 6.07) is 8.21. The molecule has 2 heterocycles. The maximum absolute atomic E-state index is 12.7. The van der Waals surface area contributed by atoms with E-state index in [0.717, 1.165) is 63.9 Å². The number of likely N-dealkylation sites (tertiary alicyclic amines) is 1. The van der Waals surface area contributed by atoms with Gasteiger partial charge in [-0.05, 0) is 56.9 Å².